The fourth-order valence-corrected chi connectivity index (χ4v) is 4.98. The maximum Gasteiger partial charge on any atom is 0.291 e. The van der Waals surface area contributed by atoms with Crippen molar-refractivity contribution in [2.24, 2.45) is 0 Å². The number of hydrogen-bond acceptors (Lipinski definition) is 3. The van der Waals surface area contributed by atoms with E-state index in [0.717, 1.165) is 16.7 Å². The molecule has 1 aliphatic rings. The van der Waals surface area contributed by atoms with Gasteiger partial charge in [0, 0.05) is 11.6 Å². The van der Waals surface area contributed by atoms with Crippen molar-refractivity contribution >= 4 is 51.7 Å². The summed E-state index contributed by atoms with van der Waals surface area (Å²) >= 11 is 18.8. The standard InChI is InChI=1S/C26H18Cl3NO3/c1-13-9-14(2)24-17(10-13)23(31)21-22(15-7-8-19(28)20(29)11-15)30(26(32)25(21)33-24)12-16-5-3-4-6-18(16)27/h3-11,22H,12H2,1-2H3. The number of carbonyl (C=O) groups is 1. The number of amides is 1. The third-order valence-electron chi connectivity index (χ3n) is 5.96. The third-order valence-corrected chi connectivity index (χ3v) is 7.06. The zero-order valence-electron chi connectivity index (χ0n) is 17.8. The van der Waals surface area contributed by atoms with Crippen molar-refractivity contribution in [3.8, 4) is 0 Å². The Morgan fingerprint density at radius 1 is 0.909 bits per heavy atom. The molecule has 7 heteroatoms. The maximum atomic E-state index is 13.7. The van der Waals surface area contributed by atoms with Gasteiger partial charge in [0.25, 0.3) is 5.91 Å². The van der Waals surface area contributed by atoms with E-state index in [1.165, 1.54) is 0 Å². The van der Waals surface area contributed by atoms with Crippen LogP contribution in [-0.4, -0.2) is 10.8 Å². The van der Waals surface area contributed by atoms with Crippen LogP contribution in [0.5, 0.6) is 0 Å². The first kappa shape index (κ1) is 22.0. The fourth-order valence-electron chi connectivity index (χ4n) is 4.48. The molecule has 0 saturated carbocycles. The van der Waals surface area contributed by atoms with Gasteiger partial charge in [0.1, 0.15) is 5.58 Å². The van der Waals surface area contributed by atoms with Gasteiger partial charge in [0.15, 0.2) is 5.43 Å². The number of fused-ring (bicyclic) bond motifs is 2. The summed E-state index contributed by atoms with van der Waals surface area (Å²) < 4.78 is 6.10. The first-order chi connectivity index (χ1) is 15.8. The Hall–Kier alpha value is -2.79. The van der Waals surface area contributed by atoms with Gasteiger partial charge in [-0.3, -0.25) is 9.59 Å². The molecule has 1 aromatic heterocycles. The molecular formula is C26H18Cl3NO3. The van der Waals surface area contributed by atoms with Gasteiger partial charge < -0.3 is 9.32 Å². The number of nitrogens with zero attached hydrogens (tertiary/aromatic N) is 1. The highest BCUT2D eigenvalue weighted by Gasteiger charge is 2.43. The molecule has 0 saturated heterocycles. The number of hydrogen-bond donors (Lipinski definition) is 0. The molecule has 4 aromatic rings. The highest BCUT2D eigenvalue weighted by molar-refractivity contribution is 6.42. The van der Waals surface area contributed by atoms with E-state index in [-0.39, 0.29) is 23.6 Å². The van der Waals surface area contributed by atoms with Crippen LogP contribution in [0, 0.1) is 13.8 Å². The van der Waals surface area contributed by atoms with Crippen molar-refractivity contribution in [1.82, 2.24) is 4.90 Å². The molecule has 0 N–H and O–H groups in total. The average Bonchev–Trinajstić information content (AvgIpc) is 3.05. The summed E-state index contributed by atoms with van der Waals surface area (Å²) in [4.78, 5) is 29.0. The van der Waals surface area contributed by atoms with E-state index in [0.29, 0.717) is 37.2 Å². The average molecular weight is 499 g/mol. The lowest BCUT2D eigenvalue weighted by molar-refractivity contribution is 0.0714. The van der Waals surface area contributed by atoms with Crippen molar-refractivity contribution < 1.29 is 9.21 Å². The lowest BCUT2D eigenvalue weighted by Gasteiger charge is -2.26. The number of halogens is 3. The molecule has 0 fully saturated rings. The first-order valence-electron chi connectivity index (χ1n) is 10.3. The largest absolute Gasteiger partial charge is 0.450 e. The quantitative estimate of drug-likeness (QED) is 0.302. The van der Waals surface area contributed by atoms with Gasteiger partial charge in [0.2, 0.25) is 5.76 Å². The first-order valence-corrected chi connectivity index (χ1v) is 11.5. The summed E-state index contributed by atoms with van der Waals surface area (Å²) in [5.74, 6) is -0.331. The SMILES string of the molecule is Cc1cc(C)c2oc3c(c(=O)c2c1)C(c1ccc(Cl)c(Cl)c1)N(Cc1ccccc1Cl)C3=O. The Kier molecular flexibility index (Phi) is 5.48. The van der Waals surface area contributed by atoms with Crippen molar-refractivity contribution in [1.29, 1.82) is 0 Å². The molecule has 0 radical (unpaired) electrons. The van der Waals surface area contributed by atoms with Gasteiger partial charge in [-0.15, -0.1) is 0 Å². The van der Waals surface area contributed by atoms with Gasteiger partial charge >= 0.3 is 0 Å². The predicted molar refractivity (Wildman–Crippen MR) is 132 cm³/mol. The summed E-state index contributed by atoms with van der Waals surface area (Å²) in [7, 11) is 0. The molecule has 2 heterocycles. The lowest BCUT2D eigenvalue weighted by Crippen LogP contribution is -2.29. The predicted octanol–water partition coefficient (Wildman–Crippen LogP) is 7.12. The van der Waals surface area contributed by atoms with Crippen molar-refractivity contribution in [3.63, 3.8) is 0 Å². The van der Waals surface area contributed by atoms with Gasteiger partial charge in [-0.05, 0) is 60.4 Å². The number of benzene rings is 3. The van der Waals surface area contributed by atoms with Crippen LogP contribution in [-0.2, 0) is 6.54 Å². The molecule has 1 unspecified atom stereocenters. The molecule has 1 aliphatic heterocycles. The number of rotatable bonds is 3. The second-order valence-corrected chi connectivity index (χ2v) is 9.45. The Morgan fingerprint density at radius 3 is 2.39 bits per heavy atom. The Balaban J connectivity index is 1.78. The summed E-state index contributed by atoms with van der Waals surface area (Å²) in [6, 6.07) is 15.4. The minimum Gasteiger partial charge on any atom is -0.450 e. The second-order valence-electron chi connectivity index (χ2n) is 8.23. The number of carbonyl (C=O) groups excluding carboxylic acids is 1. The molecular weight excluding hydrogens is 481 g/mol. The van der Waals surface area contributed by atoms with Crippen LogP contribution in [0.2, 0.25) is 15.1 Å². The summed E-state index contributed by atoms with van der Waals surface area (Å²) in [5.41, 5.74) is 3.65. The molecule has 1 atom stereocenters. The van der Waals surface area contributed by atoms with E-state index in [9.17, 15) is 9.59 Å². The van der Waals surface area contributed by atoms with Crippen LogP contribution in [0.4, 0.5) is 0 Å². The highest BCUT2D eigenvalue weighted by Crippen LogP contribution is 2.41. The van der Waals surface area contributed by atoms with E-state index in [1.807, 2.05) is 38.1 Å². The number of aryl methyl sites for hydroxylation is 2. The lowest BCUT2D eigenvalue weighted by atomic mass is 9.97. The van der Waals surface area contributed by atoms with E-state index < -0.39 is 6.04 Å². The molecule has 0 bridgehead atoms. The molecule has 166 valence electrons. The molecule has 33 heavy (non-hydrogen) atoms. The van der Waals surface area contributed by atoms with Crippen LogP contribution in [0.1, 0.15) is 44.4 Å². The van der Waals surface area contributed by atoms with Crippen LogP contribution >= 0.6 is 34.8 Å². The monoisotopic (exact) mass is 497 g/mol. The van der Waals surface area contributed by atoms with Crippen molar-refractivity contribution in [2.75, 3.05) is 0 Å². The van der Waals surface area contributed by atoms with E-state index in [2.05, 4.69) is 0 Å². The molecule has 5 rings (SSSR count). The normalized spacial score (nSPS) is 15.4. The van der Waals surface area contributed by atoms with Crippen molar-refractivity contribution in [3.05, 3.63) is 113 Å². The molecule has 0 aliphatic carbocycles. The Labute approximate surface area is 205 Å². The van der Waals surface area contributed by atoms with Gasteiger partial charge in [-0.25, -0.2) is 0 Å². The van der Waals surface area contributed by atoms with Crippen LogP contribution in [0.15, 0.2) is 63.8 Å². The highest BCUT2D eigenvalue weighted by atomic mass is 35.5. The van der Waals surface area contributed by atoms with Crippen LogP contribution in [0.3, 0.4) is 0 Å². The molecule has 3 aromatic carbocycles. The third kappa shape index (κ3) is 3.63. The second kappa shape index (κ2) is 8.21. The van der Waals surface area contributed by atoms with Gasteiger partial charge in [-0.1, -0.05) is 65.1 Å². The maximum absolute atomic E-state index is 13.7. The summed E-state index contributed by atoms with van der Waals surface area (Å²) in [6.07, 6.45) is 0. The van der Waals surface area contributed by atoms with E-state index in [4.69, 9.17) is 39.2 Å². The summed E-state index contributed by atoms with van der Waals surface area (Å²) in [6.45, 7) is 3.98. The van der Waals surface area contributed by atoms with Crippen LogP contribution in [0.25, 0.3) is 11.0 Å². The molecule has 0 spiro atoms. The zero-order chi connectivity index (χ0) is 23.4. The molecule has 4 nitrogen and oxygen atoms in total. The Bertz CT molecular complexity index is 1510. The van der Waals surface area contributed by atoms with Crippen molar-refractivity contribution in [2.45, 2.75) is 26.4 Å². The topological polar surface area (TPSA) is 50.5 Å². The zero-order valence-corrected chi connectivity index (χ0v) is 20.1. The summed E-state index contributed by atoms with van der Waals surface area (Å²) in [5, 5.41) is 1.71. The van der Waals surface area contributed by atoms with E-state index in [1.54, 1.807) is 35.2 Å². The van der Waals surface area contributed by atoms with Crippen LogP contribution < -0.4 is 5.43 Å². The van der Waals surface area contributed by atoms with Gasteiger partial charge in [-0.2, -0.15) is 0 Å². The van der Waals surface area contributed by atoms with Gasteiger partial charge in [0.05, 0.1) is 27.0 Å². The Morgan fingerprint density at radius 2 is 1.67 bits per heavy atom. The smallest absolute Gasteiger partial charge is 0.291 e. The minimum absolute atomic E-state index is 0.0441. The van der Waals surface area contributed by atoms with E-state index >= 15 is 0 Å². The minimum atomic E-state index is -0.694. The fraction of sp³-hybridized carbons (Fsp3) is 0.154. The molecule has 1 amide bonds.